The van der Waals surface area contributed by atoms with Crippen molar-refractivity contribution < 1.29 is 14.3 Å². The van der Waals surface area contributed by atoms with E-state index in [1.165, 1.54) is 0 Å². The molecule has 0 aromatic heterocycles. The molecule has 0 saturated carbocycles. The van der Waals surface area contributed by atoms with Crippen molar-refractivity contribution in [3.63, 3.8) is 0 Å². The molecule has 26 heavy (non-hydrogen) atoms. The maximum atomic E-state index is 12.3. The fraction of sp³-hybridized carbons (Fsp3) is 0.350. The van der Waals surface area contributed by atoms with E-state index in [9.17, 15) is 4.79 Å². The van der Waals surface area contributed by atoms with Crippen LogP contribution in [0.1, 0.15) is 30.5 Å². The second-order valence-electron chi connectivity index (χ2n) is 5.76. The second kappa shape index (κ2) is 10.3. The van der Waals surface area contributed by atoms with Gasteiger partial charge in [0, 0.05) is 10.8 Å². The van der Waals surface area contributed by atoms with E-state index in [4.69, 9.17) is 21.1 Å². The Kier molecular flexibility index (Phi) is 8.13. The number of benzene rings is 2. The minimum atomic E-state index is -0.0570. The van der Waals surface area contributed by atoms with Crippen LogP contribution in [0, 0.1) is 0 Å². The molecule has 0 heterocycles. The Hall–Kier alpha value is -1.85. The molecule has 140 valence electrons. The molecule has 0 radical (unpaired) electrons. The number of hydrogen-bond donors (Lipinski definition) is 1. The minimum Gasteiger partial charge on any atom is -0.493 e. The van der Waals surface area contributed by atoms with Gasteiger partial charge in [0.2, 0.25) is 5.91 Å². The number of rotatable bonds is 9. The van der Waals surface area contributed by atoms with Gasteiger partial charge >= 0.3 is 0 Å². The van der Waals surface area contributed by atoms with Crippen molar-refractivity contribution in [2.45, 2.75) is 25.1 Å². The molecule has 0 spiro atoms. The highest BCUT2D eigenvalue weighted by Crippen LogP contribution is 2.30. The molecule has 0 bridgehead atoms. The molecule has 1 amide bonds. The summed E-state index contributed by atoms with van der Waals surface area (Å²) in [5.41, 5.74) is 2.15. The fourth-order valence-electron chi connectivity index (χ4n) is 2.57. The Bertz CT molecular complexity index is 721. The molecule has 1 atom stereocenters. The zero-order valence-corrected chi connectivity index (χ0v) is 16.8. The van der Waals surface area contributed by atoms with E-state index in [1.54, 1.807) is 26.0 Å². The maximum Gasteiger partial charge on any atom is 0.230 e. The predicted octanol–water partition coefficient (Wildman–Crippen LogP) is 4.86. The van der Waals surface area contributed by atoms with Gasteiger partial charge in [-0.1, -0.05) is 36.7 Å². The van der Waals surface area contributed by atoms with Crippen LogP contribution in [0.4, 0.5) is 0 Å². The Morgan fingerprint density at radius 1 is 1.12 bits per heavy atom. The van der Waals surface area contributed by atoms with Gasteiger partial charge in [-0.2, -0.15) is 0 Å². The molecular formula is C20H24ClNO3S. The largest absolute Gasteiger partial charge is 0.493 e. The highest BCUT2D eigenvalue weighted by Gasteiger charge is 2.15. The Morgan fingerprint density at radius 3 is 2.42 bits per heavy atom. The summed E-state index contributed by atoms with van der Waals surface area (Å²) < 4.78 is 10.6. The standard InChI is InChI=1S/C20H24ClNO3S/c1-4-17(15-7-10-18(24-2)19(11-15)25-3)22-20(23)13-26-12-14-5-8-16(21)9-6-14/h5-11,17H,4,12-13H2,1-3H3,(H,22,23)/t17-/m1/s1. The molecule has 0 aliphatic heterocycles. The van der Waals surface area contributed by atoms with E-state index in [0.717, 1.165) is 28.3 Å². The number of carbonyl (C=O) groups is 1. The molecule has 0 fully saturated rings. The van der Waals surface area contributed by atoms with Crippen molar-refractivity contribution >= 4 is 29.3 Å². The lowest BCUT2D eigenvalue weighted by Gasteiger charge is -2.19. The van der Waals surface area contributed by atoms with Gasteiger partial charge in [0.1, 0.15) is 0 Å². The van der Waals surface area contributed by atoms with Crippen molar-refractivity contribution in [1.82, 2.24) is 5.32 Å². The van der Waals surface area contributed by atoms with Crippen LogP contribution in [0.15, 0.2) is 42.5 Å². The van der Waals surface area contributed by atoms with Gasteiger partial charge in [-0.05, 0) is 41.8 Å². The number of thioether (sulfide) groups is 1. The predicted molar refractivity (Wildman–Crippen MR) is 108 cm³/mol. The van der Waals surface area contributed by atoms with E-state index < -0.39 is 0 Å². The Balaban J connectivity index is 1.90. The van der Waals surface area contributed by atoms with Gasteiger partial charge in [-0.3, -0.25) is 4.79 Å². The van der Waals surface area contributed by atoms with Crippen LogP contribution in [0.25, 0.3) is 0 Å². The molecule has 2 aromatic rings. The lowest BCUT2D eigenvalue weighted by atomic mass is 10.0. The summed E-state index contributed by atoms with van der Waals surface area (Å²) in [4.78, 5) is 12.3. The van der Waals surface area contributed by atoms with Gasteiger partial charge < -0.3 is 14.8 Å². The van der Waals surface area contributed by atoms with Crippen LogP contribution in [0.3, 0.4) is 0 Å². The first-order valence-electron chi connectivity index (χ1n) is 8.40. The summed E-state index contributed by atoms with van der Waals surface area (Å²) in [5.74, 6) is 2.54. The van der Waals surface area contributed by atoms with E-state index >= 15 is 0 Å². The van der Waals surface area contributed by atoms with E-state index in [-0.39, 0.29) is 11.9 Å². The molecule has 0 aliphatic rings. The van der Waals surface area contributed by atoms with Crippen molar-refractivity contribution in [1.29, 1.82) is 0 Å². The van der Waals surface area contributed by atoms with Crippen LogP contribution < -0.4 is 14.8 Å². The van der Waals surface area contributed by atoms with E-state index in [2.05, 4.69) is 5.32 Å². The zero-order valence-electron chi connectivity index (χ0n) is 15.3. The van der Waals surface area contributed by atoms with Gasteiger partial charge in [-0.25, -0.2) is 0 Å². The molecule has 4 nitrogen and oxygen atoms in total. The fourth-order valence-corrected chi connectivity index (χ4v) is 3.49. The number of methoxy groups -OCH3 is 2. The summed E-state index contributed by atoms with van der Waals surface area (Å²) in [6.07, 6.45) is 0.795. The molecule has 1 N–H and O–H groups in total. The quantitative estimate of drug-likeness (QED) is 0.661. The molecule has 6 heteroatoms. The van der Waals surface area contributed by atoms with Gasteiger partial charge in [0.25, 0.3) is 0 Å². The molecule has 0 saturated heterocycles. The zero-order chi connectivity index (χ0) is 18.9. The average molecular weight is 394 g/mol. The molecule has 0 unspecified atom stereocenters. The maximum absolute atomic E-state index is 12.3. The van der Waals surface area contributed by atoms with E-state index in [0.29, 0.717) is 17.3 Å². The lowest BCUT2D eigenvalue weighted by molar-refractivity contribution is -0.119. The molecule has 0 aliphatic carbocycles. The van der Waals surface area contributed by atoms with Crippen LogP contribution in [-0.4, -0.2) is 25.9 Å². The minimum absolute atomic E-state index is 0.0191. The van der Waals surface area contributed by atoms with Gasteiger partial charge in [0.15, 0.2) is 11.5 Å². The SMILES string of the molecule is CC[C@@H](NC(=O)CSCc1ccc(Cl)cc1)c1ccc(OC)c(OC)c1. The monoisotopic (exact) mass is 393 g/mol. The summed E-state index contributed by atoms with van der Waals surface area (Å²) in [6.45, 7) is 2.04. The van der Waals surface area contributed by atoms with Crippen molar-refractivity contribution in [3.05, 3.63) is 58.6 Å². The number of halogens is 1. The summed E-state index contributed by atoms with van der Waals surface area (Å²) in [5, 5.41) is 3.81. The smallest absolute Gasteiger partial charge is 0.230 e. The number of hydrogen-bond acceptors (Lipinski definition) is 4. The third-order valence-electron chi connectivity index (χ3n) is 3.97. The number of nitrogens with one attached hydrogen (secondary N) is 1. The Morgan fingerprint density at radius 2 is 1.81 bits per heavy atom. The average Bonchev–Trinajstić information content (AvgIpc) is 2.67. The third kappa shape index (κ3) is 5.85. The number of amides is 1. The van der Waals surface area contributed by atoms with Crippen LogP contribution in [-0.2, 0) is 10.5 Å². The molecule has 2 rings (SSSR count). The first-order chi connectivity index (χ1) is 12.6. The second-order valence-corrected chi connectivity index (χ2v) is 7.18. The third-order valence-corrected chi connectivity index (χ3v) is 5.22. The molecule has 2 aromatic carbocycles. The van der Waals surface area contributed by atoms with E-state index in [1.807, 2.05) is 49.4 Å². The van der Waals surface area contributed by atoms with Crippen LogP contribution >= 0.6 is 23.4 Å². The summed E-state index contributed by atoms with van der Waals surface area (Å²) in [7, 11) is 3.21. The van der Waals surface area contributed by atoms with Crippen LogP contribution in [0.5, 0.6) is 11.5 Å². The number of ether oxygens (including phenoxy) is 2. The van der Waals surface area contributed by atoms with Crippen molar-refractivity contribution in [2.75, 3.05) is 20.0 Å². The summed E-state index contributed by atoms with van der Waals surface area (Å²) in [6, 6.07) is 13.3. The van der Waals surface area contributed by atoms with Crippen LogP contribution in [0.2, 0.25) is 5.02 Å². The van der Waals surface area contributed by atoms with Crippen molar-refractivity contribution in [2.24, 2.45) is 0 Å². The first-order valence-corrected chi connectivity index (χ1v) is 9.94. The topological polar surface area (TPSA) is 47.6 Å². The van der Waals surface area contributed by atoms with Gasteiger partial charge in [-0.15, -0.1) is 11.8 Å². The summed E-state index contributed by atoms with van der Waals surface area (Å²) >= 11 is 7.46. The van der Waals surface area contributed by atoms with Gasteiger partial charge in [0.05, 0.1) is 26.0 Å². The molecular weight excluding hydrogens is 370 g/mol. The highest BCUT2D eigenvalue weighted by molar-refractivity contribution is 7.99. The number of carbonyl (C=O) groups excluding carboxylic acids is 1. The normalized spacial score (nSPS) is 11.7. The lowest BCUT2D eigenvalue weighted by Crippen LogP contribution is -2.29. The van der Waals surface area contributed by atoms with Crippen molar-refractivity contribution in [3.8, 4) is 11.5 Å². The highest BCUT2D eigenvalue weighted by atomic mass is 35.5. The first kappa shape index (κ1) is 20.5. The Labute approximate surface area is 164 Å².